The molecule has 1 amide bonds. The van der Waals surface area contributed by atoms with Gasteiger partial charge in [-0.15, -0.1) is 4.91 Å². The highest BCUT2D eigenvalue weighted by Crippen LogP contribution is 2.53. The fourth-order valence-electron chi connectivity index (χ4n) is 6.41. The number of anilines is 1. The second-order valence-electron chi connectivity index (χ2n) is 10.1. The Morgan fingerprint density at radius 1 is 1.22 bits per heavy atom. The van der Waals surface area contributed by atoms with Gasteiger partial charge in [-0.25, -0.2) is 0 Å². The van der Waals surface area contributed by atoms with Crippen LogP contribution in [-0.4, -0.2) is 89.7 Å². The molecule has 1 saturated heterocycles. The van der Waals surface area contributed by atoms with E-state index in [2.05, 4.69) is 10.1 Å². The number of benzene rings is 1. The minimum absolute atomic E-state index is 0.0137. The zero-order valence-electron chi connectivity index (χ0n) is 20.4. The smallest absolute Gasteiger partial charge is 0.255 e. The normalized spacial score (nSPS) is 29.7. The first-order chi connectivity index (χ1) is 17.5. The van der Waals surface area contributed by atoms with Crippen molar-refractivity contribution in [1.82, 2.24) is 4.90 Å². The summed E-state index contributed by atoms with van der Waals surface area (Å²) in [6, 6.07) is 2.14. The summed E-state index contributed by atoms with van der Waals surface area (Å²) in [5.41, 5.74) is 2.91. The number of carbonyl (C=O) groups is 3. The van der Waals surface area contributed by atoms with E-state index in [1.54, 1.807) is 20.2 Å². The Morgan fingerprint density at radius 3 is 2.49 bits per heavy atom. The lowest BCUT2D eigenvalue weighted by molar-refractivity contribution is -0.148. The number of nitrogens with two attached hydrogens (primary N) is 1. The molecule has 0 aromatic heterocycles. The molecule has 4 aliphatic rings. The number of rotatable bonds is 4. The number of Topliss-reactive ketones (excluding diaryl/α,β-unsaturated/α-hetero) is 2. The summed E-state index contributed by atoms with van der Waals surface area (Å²) >= 11 is 0. The fraction of sp³-hybridized carbons (Fsp3) is 0.480. The van der Waals surface area contributed by atoms with E-state index in [1.165, 1.54) is 11.0 Å². The summed E-state index contributed by atoms with van der Waals surface area (Å²) in [5, 5.41) is 36.9. The number of fused-ring (bicyclic) bond motifs is 3. The van der Waals surface area contributed by atoms with E-state index in [0.717, 1.165) is 5.69 Å². The van der Waals surface area contributed by atoms with Crippen LogP contribution in [-0.2, 0) is 20.7 Å². The van der Waals surface area contributed by atoms with Crippen LogP contribution < -0.4 is 10.6 Å². The Bertz CT molecular complexity index is 1300. The fourth-order valence-corrected chi connectivity index (χ4v) is 6.41. The van der Waals surface area contributed by atoms with Gasteiger partial charge in [0.1, 0.15) is 22.8 Å². The molecule has 5 rings (SSSR count). The molecule has 0 unspecified atom stereocenters. The first-order valence-electron chi connectivity index (χ1n) is 12.0. The molecular formula is C25H28N4O8. The highest BCUT2D eigenvalue weighted by atomic mass is 16.5. The van der Waals surface area contributed by atoms with E-state index >= 15 is 0 Å². The average molecular weight is 513 g/mol. The second kappa shape index (κ2) is 8.75. The Labute approximate surface area is 211 Å². The maximum Gasteiger partial charge on any atom is 0.255 e. The lowest BCUT2D eigenvalue weighted by Gasteiger charge is -2.50. The second-order valence-corrected chi connectivity index (χ2v) is 10.1. The number of morpholine rings is 1. The van der Waals surface area contributed by atoms with Gasteiger partial charge in [0, 0.05) is 30.3 Å². The van der Waals surface area contributed by atoms with E-state index in [4.69, 9.17) is 10.5 Å². The largest absolute Gasteiger partial charge is 0.510 e. The summed E-state index contributed by atoms with van der Waals surface area (Å²) in [4.78, 5) is 54.5. The molecule has 1 aromatic carbocycles. The van der Waals surface area contributed by atoms with Crippen molar-refractivity contribution in [3.05, 3.63) is 50.8 Å². The molecule has 0 spiro atoms. The molecule has 0 radical (unpaired) electrons. The highest BCUT2D eigenvalue weighted by Gasteiger charge is 2.63. The Hall–Kier alpha value is -3.61. The van der Waals surface area contributed by atoms with Gasteiger partial charge in [-0.1, -0.05) is 0 Å². The molecule has 1 aliphatic heterocycles. The third-order valence-electron chi connectivity index (χ3n) is 8.03. The van der Waals surface area contributed by atoms with E-state index in [-0.39, 0.29) is 29.7 Å². The number of carbonyl (C=O) groups excluding carboxylic acids is 3. The van der Waals surface area contributed by atoms with Gasteiger partial charge in [-0.3, -0.25) is 19.3 Å². The first-order valence-corrected chi connectivity index (χ1v) is 12.0. The number of ketones is 2. The minimum atomic E-state index is -2.67. The molecule has 12 heteroatoms. The maximum atomic E-state index is 13.8. The van der Waals surface area contributed by atoms with Crippen molar-refractivity contribution in [3.63, 3.8) is 0 Å². The van der Waals surface area contributed by atoms with Gasteiger partial charge in [0.25, 0.3) is 5.91 Å². The van der Waals surface area contributed by atoms with Crippen LogP contribution in [0.1, 0.15) is 22.3 Å². The van der Waals surface area contributed by atoms with Crippen molar-refractivity contribution in [2.24, 2.45) is 22.7 Å². The first kappa shape index (κ1) is 25.1. The quantitative estimate of drug-likeness (QED) is 0.330. The Kier molecular flexibility index (Phi) is 5.93. The van der Waals surface area contributed by atoms with Crippen LogP contribution in [0.2, 0.25) is 0 Å². The van der Waals surface area contributed by atoms with Gasteiger partial charge >= 0.3 is 0 Å². The highest BCUT2D eigenvalue weighted by molar-refractivity contribution is 6.25. The van der Waals surface area contributed by atoms with E-state index in [1.807, 2.05) is 0 Å². The van der Waals surface area contributed by atoms with Crippen molar-refractivity contribution >= 4 is 28.8 Å². The molecule has 3 aliphatic carbocycles. The molecule has 37 heavy (non-hydrogen) atoms. The molecule has 5 N–H and O–H groups in total. The molecule has 0 saturated carbocycles. The SMILES string of the molecule is CN(C)[C@@H]1C(O)=C(C(N)=O)C(=O)[C@@]2(O)C(O)=C3C(=O)c4c(N=O)ccc(N5CCOCC5)c4C[C@H]3C[C@@H]12. The number of aliphatic hydroxyl groups excluding tert-OH is 2. The van der Waals surface area contributed by atoms with Gasteiger partial charge < -0.3 is 30.7 Å². The van der Waals surface area contributed by atoms with Crippen LogP contribution in [0.4, 0.5) is 11.4 Å². The number of nitrogens with zero attached hydrogens (tertiary/aromatic N) is 3. The number of hydrogen-bond acceptors (Lipinski definition) is 11. The van der Waals surface area contributed by atoms with Crippen molar-refractivity contribution in [1.29, 1.82) is 0 Å². The summed E-state index contributed by atoms with van der Waals surface area (Å²) in [7, 11) is 3.18. The van der Waals surface area contributed by atoms with Gasteiger partial charge in [-0.2, -0.15) is 0 Å². The van der Waals surface area contributed by atoms with E-state index in [0.29, 0.717) is 31.9 Å². The van der Waals surface area contributed by atoms with Crippen LogP contribution in [0.5, 0.6) is 0 Å². The standard InChI is InChI=1S/C25H28N4O8/c1-28(2)19-13-10-11-9-12-15(29-5-7-37-8-6-29)4-3-14(27-36)17(12)20(30)16(11)22(32)25(13,35)23(33)18(21(19)31)24(26)34/h3-4,11,13,19,31-32,35H,5-10H2,1-2H3,(H2,26,34)/t11-,13-,19-,25-/m0/s1. The van der Waals surface area contributed by atoms with Crippen molar-refractivity contribution < 1.29 is 34.4 Å². The molecule has 0 bridgehead atoms. The number of nitroso groups, excluding NO2 is 1. The lowest BCUT2D eigenvalue weighted by atomic mass is 9.58. The summed E-state index contributed by atoms with van der Waals surface area (Å²) in [6.45, 7) is 2.17. The molecule has 4 atom stereocenters. The average Bonchev–Trinajstić information content (AvgIpc) is 2.85. The number of hydrogen-bond donors (Lipinski definition) is 4. The number of likely N-dealkylation sites (N-methyl/N-ethyl adjacent to an activating group) is 1. The Balaban J connectivity index is 1.71. The van der Waals surface area contributed by atoms with Gasteiger partial charge in [0.2, 0.25) is 5.78 Å². The number of amides is 1. The predicted octanol–water partition coefficient (Wildman–Crippen LogP) is 0.650. The maximum absolute atomic E-state index is 13.8. The topological polar surface area (TPSA) is 183 Å². The molecule has 1 heterocycles. The van der Waals surface area contributed by atoms with Crippen molar-refractivity contribution in [2.75, 3.05) is 45.3 Å². The van der Waals surface area contributed by atoms with Crippen LogP contribution in [0.15, 0.2) is 40.0 Å². The van der Waals surface area contributed by atoms with Crippen LogP contribution in [0.3, 0.4) is 0 Å². The summed E-state index contributed by atoms with van der Waals surface area (Å²) in [6.07, 6.45) is 0.262. The number of primary amides is 1. The van der Waals surface area contributed by atoms with Crippen LogP contribution in [0, 0.1) is 16.7 Å². The van der Waals surface area contributed by atoms with Crippen molar-refractivity contribution in [2.45, 2.75) is 24.5 Å². The molecular weight excluding hydrogens is 484 g/mol. The predicted molar refractivity (Wildman–Crippen MR) is 130 cm³/mol. The van der Waals surface area contributed by atoms with Gasteiger partial charge in [-0.05, 0) is 55.7 Å². The van der Waals surface area contributed by atoms with Crippen LogP contribution in [0.25, 0.3) is 0 Å². The Morgan fingerprint density at radius 2 is 1.89 bits per heavy atom. The molecule has 1 aromatic rings. The van der Waals surface area contributed by atoms with Crippen LogP contribution >= 0.6 is 0 Å². The van der Waals surface area contributed by atoms with E-state index in [9.17, 15) is 34.6 Å². The third kappa shape index (κ3) is 3.43. The minimum Gasteiger partial charge on any atom is -0.510 e. The van der Waals surface area contributed by atoms with Gasteiger partial charge in [0.05, 0.1) is 24.8 Å². The zero-order chi connectivity index (χ0) is 26.8. The molecule has 12 nitrogen and oxygen atoms in total. The summed E-state index contributed by atoms with van der Waals surface area (Å²) < 4.78 is 5.44. The lowest BCUT2D eigenvalue weighted by Crippen LogP contribution is -2.63. The monoisotopic (exact) mass is 512 g/mol. The number of allylic oxidation sites excluding steroid dienone is 1. The van der Waals surface area contributed by atoms with E-state index < -0.39 is 58.0 Å². The molecule has 196 valence electrons. The van der Waals surface area contributed by atoms with Gasteiger partial charge in [0.15, 0.2) is 11.4 Å². The van der Waals surface area contributed by atoms with Crippen molar-refractivity contribution in [3.8, 4) is 0 Å². The molecule has 1 fully saturated rings. The zero-order valence-corrected chi connectivity index (χ0v) is 20.4. The third-order valence-corrected chi connectivity index (χ3v) is 8.03. The number of aliphatic hydroxyl groups is 3. The summed E-state index contributed by atoms with van der Waals surface area (Å²) in [5.74, 6) is -6.43. The number of ether oxygens (including phenoxy) is 1.